The molecule has 60 heavy (non-hydrogen) atoms. The Morgan fingerprint density at radius 2 is 0.733 bits per heavy atom. The highest BCUT2D eigenvalue weighted by molar-refractivity contribution is 7.47. The van der Waals surface area contributed by atoms with Crippen molar-refractivity contribution >= 4 is 19.8 Å². The number of ether oxygens (including phenoxy) is 2. The van der Waals surface area contributed by atoms with Crippen LogP contribution >= 0.6 is 7.82 Å². The molecule has 0 bridgehead atoms. The van der Waals surface area contributed by atoms with E-state index in [0.717, 1.165) is 51.4 Å². The molecule has 0 aliphatic carbocycles. The van der Waals surface area contributed by atoms with Crippen LogP contribution in [0.2, 0.25) is 0 Å². The van der Waals surface area contributed by atoms with Gasteiger partial charge in [0.15, 0.2) is 0 Å². The van der Waals surface area contributed by atoms with Crippen LogP contribution in [-0.4, -0.2) is 65.7 Å². The summed E-state index contributed by atoms with van der Waals surface area (Å²) in [5.74, 6) is -1.01. The number of hydrogen-bond donors (Lipinski definition) is 3. The van der Waals surface area contributed by atoms with Crippen molar-refractivity contribution in [3.05, 3.63) is 24.3 Å². The van der Waals surface area contributed by atoms with Crippen LogP contribution in [0.4, 0.5) is 0 Å². The molecule has 11 heteroatoms. The number of carbonyl (C=O) groups excluding carboxylic acids is 2. The Kier molecular flexibility index (Phi) is 44.3. The van der Waals surface area contributed by atoms with E-state index in [4.69, 9.17) is 18.5 Å². The molecule has 0 fully saturated rings. The first-order valence-corrected chi connectivity index (χ1v) is 26.3. The van der Waals surface area contributed by atoms with Crippen molar-refractivity contribution in [1.82, 2.24) is 0 Å². The molecule has 3 atom stereocenters. The zero-order valence-corrected chi connectivity index (χ0v) is 39.6. The SMILES string of the molecule is CCCCC/C=C\C/C=C\CCCCCCCCCCCC(=O)OC(CO)COP(=O)(O)OCC(CO)OC(=O)CCCCCCCCCCCCCCCCCCCC. The lowest BCUT2D eigenvalue weighted by atomic mass is 10.0. The lowest BCUT2D eigenvalue weighted by Gasteiger charge is -2.20. The number of phosphoric ester groups is 1. The fourth-order valence-electron chi connectivity index (χ4n) is 7.09. The fourth-order valence-corrected chi connectivity index (χ4v) is 7.87. The molecule has 0 heterocycles. The fraction of sp³-hybridized carbons (Fsp3) is 0.878. The van der Waals surface area contributed by atoms with Crippen LogP contribution in [-0.2, 0) is 32.7 Å². The molecule has 0 amide bonds. The largest absolute Gasteiger partial charge is 0.472 e. The monoisotopic (exact) mass is 873 g/mol. The number of esters is 2. The van der Waals surface area contributed by atoms with Crippen LogP contribution in [0.15, 0.2) is 24.3 Å². The molecular weight excluding hydrogens is 780 g/mol. The lowest BCUT2D eigenvalue weighted by Crippen LogP contribution is -2.28. The third kappa shape index (κ3) is 43.1. The predicted octanol–water partition coefficient (Wildman–Crippen LogP) is 13.7. The second-order valence-electron chi connectivity index (χ2n) is 16.8. The number of rotatable bonds is 47. The molecule has 0 aromatic rings. The summed E-state index contributed by atoms with van der Waals surface area (Å²) in [5.41, 5.74) is 0. The van der Waals surface area contributed by atoms with E-state index >= 15 is 0 Å². The highest BCUT2D eigenvalue weighted by Crippen LogP contribution is 2.43. The third-order valence-corrected chi connectivity index (χ3v) is 11.9. The summed E-state index contributed by atoms with van der Waals surface area (Å²) < 4.78 is 32.7. The molecule has 0 radical (unpaired) electrons. The summed E-state index contributed by atoms with van der Waals surface area (Å²) in [4.78, 5) is 34.6. The van der Waals surface area contributed by atoms with Gasteiger partial charge in [-0.05, 0) is 44.9 Å². The molecule has 0 aromatic heterocycles. The Balaban J connectivity index is 3.84. The first kappa shape index (κ1) is 58.5. The van der Waals surface area contributed by atoms with Gasteiger partial charge in [-0.2, -0.15) is 0 Å². The maximum Gasteiger partial charge on any atom is 0.472 e. The Hall–Kier alpha value is -1.55. The number of aliphatic hydroxyl groups is 2. The van der Waals surface area contributed by atoms with Crippen molar-refractivity contribution in [2.75, 3.05) is 26.4 Å². The topological polar surface area (TPSA) is 149 Å². The third-order valence-electron chi connectivity index (χ3n) is 10.9. The quantitative estimate of drug-likeness (QED) is 0.0233. The average Bonchev–Trinajstić information content (AvgIpc) is 3.24. The maximum absolute atomic E-state index is 12.4. The Labute approximate surface area is 368 Å². The normalized spacial score (nSPS) is 13.9. The van der Waals surface area contributed by atoms with Gasteiger partial charge in [0.25, 0.3) is 0 Å². The van der Waals surface area contributed by atoms with E-state index in [1.54, 1.807) is 0 Å². The molecule has 354 valence electrons. The molecule has 0 aliphatic rings. The molecule has 3 unspecified atom stereocenters. The number of unbranched alkanes of at least 4 members (excludes halogenated alkanes) is 29. The van der Waals surface area contributed by atoms with E-state index in [9.17, 15) is 29.3 Å². The van der Waals surface area contributed by atoms with Crippen molar-refractivity contribution in [3.8, 4) is 0 Å². The van der Waals surface area contributed by atoms with Gasteiger partial charge in [0, 0.05) is 12.8 Å². The summed E-state index contributed by atoms with van der Waals surface area (Å²) in [7, 11) is -4.64. The van der Waals surface area contributed by atoms with Gasteiger partial charge in [0.2, 0.25) is 0 Å². The van der Waals surface area contributed by atoms with Crippen molar-refractivity contribution in [1.29, 1.82) is 0 Å². The smallest absolute Gasteiger partial charge is 0.457 e. The van der Waals surface area contributed by atoms with Gasteiger partial charge in [0.05, 0.1) is 26.4 Å². The molecule has 3 N–H and O–H groups in total. The molecule has 0 saturated heterocycles. The minimum atomic E-state index is -4.64. The summed E-state index contributed by atoms with van der Waals surface area (Å²) in [6.45, 7) is 2.23. The van der Waals surface area contributed by atoms with Crippen LogP contribution in [0.5, 0.6) is 0 Å². The van der Waals surface area contributed by atoms with Crippen LogP contribution in [0.1, 0.15) is 239 Å². The van der Waals surface area contributed by atoms with E-state index in [-0.39, 0.29) is 12.8 Å². The van der Waals surface area contributed by atoms with E-state index < -0.39 is 58.4 Å². The second-order valence-corrected chi connectivity index (χ2v) is 18.3. The van der Waals surface area contributed by atoms with Crippen molar-refractivity contribution in [2.24, 2.45) is 0 Å². The Morgan fingerprint density at radius 3 is 1.07 bits per heavy atom. The number of carbonyl (C=O) groups is 2. The van der Waals surface area contributed by atoms with Crippen LogP contribution in [0, 0.1) is 0 Å². The molecule has 0 spiro atoms. The van der Waals surface area contributed by atoms with Crippen LogP contribution in [0.25, 0.3) is 0 Å². The predicted molar refractivity (Wildman–Crippen MR) is 247 cm³/mol. The highest BCUT2D eigenvalue weighted by atomic mass is 31.2. The van der Waals surface area contributed by atoms with E-state index in [1.807, 2.05) is 0 Å². The summed E-state index contributed by atoms with van der Waals surface area (Å²) >= 11 is 0. The van der Waals surface area contributed by atoms with Gasteiger partial charge in [-0.15, -0.1) is 0 Å². The lowest BCUT2D eigenvalue weighted by molar-refractivity contribution is -0.153. The number of hydrogen-bond acceptors (Lipinski definition) is 9. The van der Waals surface area contributed by atoms with Crippen LogP contribution in [0.3, 0.4) is 0 Å². The zero-order valence-electron chi connectivity index (χ0n) is 38.7. The molecule has 0 aliphatic heterocycles. The van der Waals surface area contributed by atoms with Gasteiger partial charge in [-0.25, -0.2) is 4.57 Å². The second kappa shape index (κ2) is 45.5. The standard InChI is InChI=1S/C49H93O10P/c1-3-5-7-9-11-13-15-17-19-21-23-25-27-29-31-33-35-37-39-41-49(53)59-47(43-51)45-57-60(54,55)56-44-46(42-50)58-48(52)40-38-36-34-32-30-28-26-24-22-20-18-16-14-12-10-8-6-4-2/h11,13,17,19,46-47,50-51H,3-10,12,14-16,18,20-45H2,1-2H3,(H,54,55)/b13-11-,19-17-. The van der Waals surface area contributed by atoms with Crippen molar-refractivity contribution in [3.63, 3.8) is 0 Å². The molecular formula is C49H93O10P. The number of phosphoric acid groups is 1. The molecule has 0 saturated carbocycles. The zero-order chi connectivity index (χ0) is 44.0. The summed E-state index contributed by atoms with van der Waals surface area (Å²) in [6.07, 6.45) is 47.2. The molecule has 10 nitrogen and oxygen atoms in total. The number of allylic oxidation sites excluding steroid dienone is 4. The maximum atomic E-state index is 12.4. The van der Waals surface area contributed by atoms with Gasteiger partial charge in [-0.1, -0.05) is 205 Å². The van der Waals surface area contributed by atoms with Gasteiger partial charge in [0.1, 0.15) is 12.2 Å². The van der Waals surface area contributed by atoms with E-state index in [1.165, 1.54) is 148 Å². The minimum absolute atomic E-state index is 0.189. The van der Waals surface area contributed by atoms with E-state index in [0.29, 0.717) is 12.8 Å². The van der Waals surface area contributed by atoms with Gasteiger partial charge >= 0.3 is 19.8 Å². The first-order chi connectivity index (χ1) is 29.3. The van der Waals surface area contributed by atoms with Gasteiger partial charge < -0.3 is 24.6 Å². The van der Waals surface area contributed by atoms with E-state index in [2.05, 4.69) is 38.2 Å². The summed E-state index contributed by atoms with van der Waals surface area (Å²) in [5, 5.41) is 19.2. The average molecular weight is 873 g/mol. The molecule has 0 aromatic carbocycles. The molecule has 0 rings (SSSR count). The van der Waals surface area contributed by atoms with Crippen LogP contribution < -0.4 is 0 Å². The Morgan fingerprint density at radius 1 is 0.450 bits per heavy atom. The first-order valence-electron chi connectivity index (χ1n) is 24.8. The van der Waals surface area contributed by atoms with Crippen molar-refractivity contribution < 1.29 is 47.8 Å². The summed E-state index contributed by atoms with van der Waals surface area (Å²) in [6, 6.07) is 0. The Bertz CT molecular complexity index is 1050. The number of aliphatic hydroxyl groups excluding tert-OH is 2. The minimum Gasteiger partial charge on any atom is -0.457 e. The van der Waals surface area contributed by atoms with Gasteiger partial charge in [-0.3, -0.25) is 18.6 Å². The highest BCUT2D eigenvalue weighted by Gasteiger charge is 2.27. The van der Waals surface area contributed by atoms with Crippen molar-refractivity contribution in [2.45, 2.75) is 251 Å².